The van der Waals surface area contributed by atoms with Crippen LogP contribution in [0.3, 0.4) is 0 Å². The van der Waals surface area contributed by atoms with Crippen LogP contribution in [0.15, 0.2) is 24.3 Å². The Labute approximate surface area is 203 Å². The monoisotopic (exact) mass is 467 g/mol. The van der Waals surface area contributed by atoms with Crippen LogP contribution in [0.25, 0.3) is 0 Å². The first-order valence-corrected chi connectivity index (χ1v) is 13.6. The lowest BCUT2D eigenvalue weighted by Gasteiger charge is -2.21. The lowest BCUT2D eigenvalue weighted by atomic mass is 10.1. The molecule has 0 aromatic rings. The summed E-state index contributed by atoms with van der Waals surface area (Å²) in [6.45, 7) is 4.08. The number of amides is 1. The highest BCUT2D eigenvalue weighted by Gasteiger charge is 2.19. The molecule has 0 radical (unpaired) electrons. The summed E-state index contributed by atoms with van der Waals surface area (Å²) in [4.78, 5) is 12.2. The molecule has 0 heterocycles. The lowest BCUT2D eigenvalue weighted by Crippen LogP contribution is -2.45. The highest BCUT2D eigenvalue weighted by molar-refractivity contribution is 5.76. The Morgan fingerprint density at radius 3 is 1.94 bits per heavy atom. The van der Waals surface area contributed by atoms with Crippen molar-refractivity contribution >= 4 is 5.91 Å². The summed E-state index contributed by atoms with van der Waals surface area (Å²) >= 11 is 0. The molecule has 3 unspecified atom stereocenters. The van der Waals surface area contributed by atoms with E-state index in [1.54, 1.807) is 6.08 Å². The molecule has 0 spiro atoms. The Morgan fingerprint density at radius 1 is 0.758 bits per heavy atom. The maximum absolute atomic E-state index is 12.2. The highest BCUT2D eigenvalue weighted by atomic mass is 16.3. The number of hydrogen-bond acceptors (Lipinski definition) is 4. The van der Waals surface area contributed by atoms with Gasteiger partial charge >= 0.3 is 0 Å². The van der Waals surface area contributed by atoms with E-state index >= 15 is 0 Å². The molecular weight excluding hydrogens is 414 g/mol. The van der Waals surface area contributed by atoms with E-state index in [1.807, 2.05) is 6.08 Å². The zero-order valence-corrected chi connectivity index (χ0v) is 21.5. The number of carbonyl (C=O) groups excluding carboxylic acids is 1. The van der Waals surface area contributed by atoms with E-state index in [1.165, 1.54) is 57.8 Å². The third-order valence-electron chi connectivity index (χ3n) is 5.98. The van der Waals surface area contributed by atoms with Gasteiger partial charge in [0.1, 0.15) is 0 Å². The van der Waals surface area contributed by atoms with Gasteiger partial charge in [-0.05, 0) is 38.5 Å². The molecule has 194 valence electrons. The lowest BCUT2D eigenvalue weighted by molar-refractivity contribution is -0.124. The van der Waals surface area contributed by atoms with Crippen molar-refractivity contribution in [3.8, 4) is 0 Å². The van der Waals surface area contributed by atoms with Crippen molar-refractivity contribution in [3.05, 3.63) is 24.3 Å². The van der Waals surface area contributed by atoms with Gasteiger partial charge in [-0.25, -0.2) is 0 Å². The largest absolute Gasteiger partial charge is 0.394 e. The molecule has 5 nitrogen and oxygen atoms in total. The van der Waals surface area contributed by atoms with E-state index < -0.39 is 18.2 Å². The Hall–Kier alpha value is -1.17. The molecule has 0 aliphatic heterocycles. The molecule has 5 heteroatoms. The molecule has 0 fully saturated rings. The van der Waals surface area contributed by atoms with Crippen LogP contribution in [0, 0.1) is 0 Å². The first kappa shape index (κ1) is 31.8. The number of nitrogens with one attached hydrogen (secondary N) is 1. The number of rotatable bonds is 23. The average Bonchev–Trinajstić information content (AvgIpc) is 2.80. The normalized spacial score (nSPS) is 14.7. The maximum Gasteiger partial charge on any atom is 0.222 e. The predicted molar refractivity (Wildman–Crippen MR) is 139 cm³/mol. The summed E-state index contributed by atoms with van der Waals surface area (Å²) in [5.74, 6) is -0.337. The SMILES string of the molecule is CCCC/C=C\CCCCC(O)CC(=O)NC(CO)C(O)/C=C/CCCCCCCCCC. The fourth-order valence-electron chi connectivity index (χ4n) is 3.79. The van der Waals surface area contributed by atoms with Crippen LogP contribution in [0.2, 0.25) is 0 Å². The summed E-state index contributed by atoms with van der Waals surface area (Å²) < 4.78 is 0. The second kappa shape index (κ2) is 24.0. The van der Waals surface area contributed by atoms with Gasteiger partial charge in [0.2, 0.25) is 5.91 Å². The van der Waals surface area contributed by atoms with Gasteiger partial charge in [0, 0.05) is 0 Å². The first-order valence-electron chi connectivity index (χ1n) is 13.6. The number of allylic oxidation sites excluding steroid dienone is 3. The van der Waals surface area contributed by atoms with Gasteiger partial charge in [-0.1, -0.05) is 102 Å². The molecule has 0 bridgehead atoms. The molecule has 4 N–H and O–H groups in total. The van der Waals surface area contributed by atoms with Crippen molar-refractivity contribution in [2.24, 2.45) is 0 Å². The molecule has 0 aliphatic rings. The minimum absolute atomic E-state index is 0.00245. The van der Waals surface area contributed by atoms with Gasteiger partial charge in [0.25, 0.3) is 0 Å². The van der Waals surface area contributed by atoms with E-state index in [9.17, 15) is 20.1 Å². The number of carbonyl (C=O) groups is 1. The second-order valence-electron chi connectivity index (χ2n) is 9.29. The van der Waals surface area contributed by atoms with Gasteiger partial charge in [-0.3, -0.25) is 4.79 Å². The Bertz CT molecular complexity index is 492. The van der Waals surface area contributed by atoms with E-state index in [0.717, 1.165) is 38.5 Å². The predicted octanol–water partition coefficient (Wildman–Crippen LogP) is 5.97. The zero-order chi connectivity index (χ0) is 24.6. The standard InChI is InChI=1S/C28H53NO4/c1-3-5-7-9-11-13-14-16-18-20-22-27(32)26(24-30)29-28(33)23-25(31)21-19-17-15-12-10-8-6-4-2/h10,12,20,22,25-27,30-32H,3-9,11,13-19,21,23-24H2,1-2H3,(H,29,33)/b12-10-,22-20+. The van der Waals surface area contributed by atoms with Gasteiger partial charge in [-0.15, -0.1) is 0 Å². The summed E-state index contributed by atoms with van der Waals surface area (Å²) in [5.41, 5.74) is 0. The summed E-state index contributed by atoms with van der Waals surface area (Å²) in [6, 6.07) is -0.743. The molecule has 3 atom stereocenters. The van der Waals surface area contributed by atoms with Crippen molar-refractivity contribution in [1.29, 1.82) is 0 Å². The zero-order valence-electron chi connectivity index (χ0n) is 21.5. The van der Waals surface area contributed by atoms with Crippen molar-refractivity contribution in [2.45, 2.75) is 141 Å². The Kier molecular flexibility index (Phi) is 23.1. The molecule has 0 aromatic carbocycles. The average molecular weight is 468 g/mol. The summed E-state index contributed by atoms with van der Waals surface area (Å²) in [6.07, 6.45) is 24.4. The fourth-order valence-corrected chi connectivity index (χ4v) is 3.79. The quantitative estimate of drug-likeness (QED) is 0.110. The van der Waals surface area contributed by atoms with Crippen LogP contribution >= 0.6 is 0 Å². The minimum Gasteiger partial charge on any atom is -0.394 e. The molecular formula is C28H53NO4. The molecule has 0 rings (SSSR count). The van der Waals surface area contributed by atoms with Gasteiger partial charge < -0.3 is 20.6 Å². The molecule has 0 aromatic heterocycles. The number of aliphatic hydroxyl groups is 3. The number of unbranched alkanes of at least 4 members (excludes halogenated alkanes) is 12. The van der Waals surface area contributed by atoms with Gasteiger partial charge in [0.15, 0.2) is 0 Å². The highest BCUT2D eigenvalue weighted by Crippen LogP contribution is 2.11. The van der Waals surface area contributed by atoms with Crippen molar-refractivity contribution in [1.82, 2.24) is 5.32 Å². The second-order valence-corrected chi connectivity index (χ2v) is 9.29. The van der Waals surface area contributed by atoms with Crippen LogP contribution in [-0.4, -0.2) is 46.1 Å². The van der Waals surface area contributed by atoms with E-state index in [0.29, 0.717) is 6.42 Å². The molecule has 1 amide bonds. The smallest absolute Gasteiger partial charge is 0.222 e. The van der Waals surface area contributed by atoms with Gasteiger partial charge in [-0.2, -0.15) is 0 Å². The van der Waals surface area contributed by atoms with Crippen molar-refractivity contribution < 1.29 is 20.1 Å². The topological polar surface area (TPSA) is 89.8 Å². The van der Waals surface area contributed by atoms with E-state index in [-0.39, 0.29) is 18.9 Å². The third-order valence-corrected chi connectivity index (χ3v) is 5.98. The first-order chi connectivity index (χ1) is 16.0. The maximum atomic E-state index is 12.2. The number of hydrogen-bond donors (Lipinski definition) is 4. The van der Waals surface area contributed by atoms with Gasteiger partial charge in [0.05, 0.1) is 31.3 Å². The molecule has 0 saturated heterocycles. The van der Waals surface area contributed by atoms with Crippen molar-refractivity contribution in [2.75, 3.05) is 6.61 Å². The van der Waals surface area contributed by atoms with Crippen molar-refractivity contribution in [3.63, 3.8) is 0 Å². The summed E-state index contributed by atoms with van der Waals surface area (Å²) in [5, 5.41) is 32.6. The summed E-state index contributed by atoms with van der Waals surface area (Å²) in [7, 11) is 0. The fraction of sp³-hybridized carbons (Fsp3) is 0.821. The molecule has 33 heavy (non-hydrogen) atoms. The Balaban J connectivity index is 3.93. The minimum atomic E-state index is -0.926. The van der Waals surface area contributed by atoms with Crippen LogP contribution in [0.4, 0.5) is 0 Å². The van der Waals surface area contributed by atoms with Crippen LogP contribution in [-0.2, 0) is 4.79 Å². The Morgan fingerprint density at radius 2 is 1.30 bits per heavy atom. The van der Waals surface area contributed by atoms with Crippen LogP contribution in [0.5, 0.6) is 0 Å². The van der Waals surface area contributed by atoms with Crippen LogP contribution in [0.1, 0.15) is 123 Å². The third kappa shape index (κ3) is 21.1. The molecule has 0 saturated carbocycles. The van der Waals surface area contributed by atoms with E-state index in [2.05, 4.69) is 31.3 Å². The van der Waals surface area contributed by atoms with E-state index in [4.69, 9.17) is 0 Å². The number of aliphatic hydroxyl groups excluding tert-OH is 3. The molecule has 0 aliphatic carbocycles. The van der Waals surface area contributed by atoms with Crippen LogP contribution < -0.4 is 5.32 Å².